The number of aromatic carboxylic acids is 2. The van der Waals surface area contributed by atoms with E-state index in [1.807, 2.05) is 0 Å². The zero-order valence-corrected chi connectivity index (χ0v) is 20.1. The third kappa shape index (κ3) is 7.70. The van der Waals surface area contributed by atoms with Crippen molar-refractivity contribution in [3.63, 3.8) is 0 Å². The number of carboxylic acids is 2. The van der Waals surface area contributed by atoms with Crippen molar-refractivity contribution in [3.05, 3.63) is 46.5 Å². The van der Waals surface area contributed by atoms with Gasteiger partial charge in [-0.1, -0.05) is 0 Å². The van der Waals surface area contributed by atoms with Crippen molar-refractivity contribution in [2.45, 2.75) is 12.8 Å². The summed E-state index contributed by atoms with van der Waals surface area (Å²) in [5.74, 6) is -6.12. The molecule has 36 heavy (non-hydrogen) atoms. The first-order chi connectivity index (χ1) is 16.6. The number of hydrogen-bond acceptors (Lipinski definition) is 8. The van der Waals surface area contributed by atoms with Crippen LogP contribution in [-0.2, 0) is 20.2 Å². The number of benzene rings is 2. The van der Waals surface area contributed by atoms with Gasteiger partial charge in [-0.15, -0.1) is 0 Å². The monoisotopic (exact) mass is 546 g/mol. The second-order valence-corrected chi connectivity index (χ2v) is 10.6. The molecule has 0 unspecified atom stereocenters. The smallest absolute Gasteiger partial charge is 0.336 e. The Labute approximate surface area is 204 Å². The van der Waals surface area contributed by atoms with E-state index in [0.717, 1.165) is 24.3 Å². The average molecular weight is 547 g/mol. The highest BCUT2D eigenvalue weighted by Crippen LogP contribution is 2.30. The van der Waals surface area contributed by atoms with Crippen molar-refractivity contribution in [2.75, 3.05) is 24.6 Å². The van der Waals surface area contributed by atoms with Crippen LogP contribution in [0, 0.1) is 0 Å². The molecule has 14 nitrogen and oxygen atoms in total. The van der Waals surface area contributed by atoms with E-state index in [1.165, 1.54) is 0 Å². The van der Waals surface area contributed by atoms with Crippen molar-refractivity contribution >= 4 is 54.8 Å². The molecule has 0 aliphatic rings. The number of nitrogens with one attached hydrogen (secondary N) is 2. The normalized spacial score (nSPS) is 11.7. The van der Waals surface area contributed by atoms with Crippen molar-refractivity contribution < 1.29 is 55.3 Å². The summed E-state index contributed by atoms with van der Waals surface area (Å²) in [5, 5.41) is 23.3. The highest BCUT2D eigenvalue weighted by atomic mass is 32.2. The predicted molar refractivity (Wildman–Crippen MR) is 125 cm³/mol. The topological polar surface area (TPSA) is 242 Å². The average Bonchev–Trinajstić information content (AvgIpc) is 2.76. The number of hydrogen-bond donors (Lipinski definition) is 6. The molecule has 6 N–H and O–H groups in total. The van der Waals surface area contributed by atoms with Gasteiger partial charge in [0.2, 0.25) is 0 Å². The van der Waals surface area contributed by atoms with E-state index in [1.54, 1.807) is 0 Å². The molecule has 0 spiro atoms. The Bertz CT molecular complexity index is 1320. The van der Waals surface area contributed by atoms with Crippen molar-refractivity contribution in [1.29, 1.82) is 0 Å². The number of rotatable bonds is 12. The first-order valence-electron chi connectivity index (χ1n) is 10.2. The quantitative estimate of drug-likeness (QED) is 0.155. The fourth-order valence-electron chi connectivity index (χ4n) is 3.33. The van der Waals surface area contributed by atoms with Crippen molar-refractivity contribution in [1.82, 2.24) is 10.6 Å². The third-order valence-corrected chi connectivity index (χ3v) is 6.45. The van der Waals surface area contributed by atoms with Crippen LogP contribution in [0.25, 0.3) is 10.8 Å². The van der Waals surface area contributed by atoms with Gasteiger partial charge in [0, 0.05) is 35.0 Å². The van der Waals surface area contributed by atoms with Crippen LogP contribution in [-0.4, -0.2) is 84.5 Å². The molecule has 2 amide bonds. The standard InChI is InChI=1S/C20H22N2O12S2/c23-17(21-7-1-9-35(29,30)31)11-3-4-12(18(24)22-8-2-10-36(32,33)34)16-14(20(27)28)6-5-13(15(11)16)19(25)26/h3-6H,1-2,7-10H2,(H,21,23)(H,22,24)(H,25,26)(H,27,28)(H,29,30,31)(H,32,33,34). The molecule has 196 valence electrons. The molecular formula is C20H22N2O12S2. The minimum absolute atomic E-state index is 0.168. The summed E-state index contributed by atoms with van der Waals surface area (Å²) in [6.45, 7) is -0.450. The van der Waals surface area contributed by atoms with Crippen molar-refractivity contribution in [3.8, 4) is 0 Å². The van der Waals surface area contributed by atoms with E-state index in [-0.39, 0.29) is 47.8 Å². The number of fused-ring (bicyclic) bond motifs is 1. The van der Waals surface area contributed by atoms with Gasteiger partial charge in [0.05, 0.1) is 22.6 Å². The van der Waals surface area contributed by atoms with E-state index < -0.39 is 66.6 Å². The zero-order chi connectivity index (χ0) is 27.3. The van der Waals surface area contributed by atoms with Crippen LogP contribution in [0.5, 0.6) is 0 Å². The first-order valence-corrected chi connectivity index (χ1v) is 13.4. The molecule has 0 atom stereocenters. The Morgan fingerprint density at radius 1 is 0.611 bits per heavy atom. The Morgan fingerprint density at radius 3 is 1.19 bits per heavy atom. The Morgan fingerprint density at radius 2 is 0.917 bits per heavy atom. The molecule has 0 saturated heterocycles. The highest BCUT2D eigenvalue weighted by Gasteiger charge is 2.25. The molecule has 2 rings (SSSR count). The number of amides is 2. The summed E-state index contributed by atoms with van der Waals surface area (Å²) in [6, 6.07) is 4.09. The minimum atomic E-state index is -4.27. The molecule has 2 aromatic rings. The second kappa shape index (κ2) is 11.4. The van der Waals surface area contributed by atoms with Gasteiger partial charge in [-0.3, -0.25) is 18.7 Å². The van der Waals surface area contributed by atoms with Gasteiger partial charge in [-0.05, 0) is 37.1 Å². The third-order valence-electron chi connectivity index (χ3n) is 4.84. The molecule has 2 aromatic carbocycles. The maximum absolute atomic E-state index is 12.8. The van der Waals surface area contributed by atoms with Crippen LogP contribution in [0.2, 0.25) is 0 Å². The summed E-state index contributed by atoms with van der Waals surface area (Å²) in [7, 11) is -8.55. The molecule has 0 radical (unpaired) electrons. The first kappa shape index (κ1) is 28.6. The van der Waals surface area contributed by atoms with Crippen LogP contribution >= 0.6 is 0 Å². The van der Waals surface area contributed by atoms with Gasteiger partial charge >= 0.3 is 11.9 Å². The van der Waals surface area contributed by atoms with Gasteiger partial charge in [0.25, 0.3) is 32.1 Å². The zero-order valence-electron chi connectivity index (χ0n) is 18.4. The van der Waals surface area contributed by atoms with E-state index >= 15 is 0 Å². The fraction of sp³-hybridized carbons (Fsp3) is 0.300. The van der Waals surface area contributed by atoms with Gasteiger partial charge in [0.1, 0.15) is 0 Å². The van der Waals surface area contributed by atoms with Gasteiger partial charge in [-0.2, -0.15) is 16.8 Å². The lowest BCUT2D eigenvalue weighted by atomic mass is 9.91. The highest BCUT2D eigenvalue weighted by molar-refractivity contribution is 7.86. The predicted octanol–water partition coefficient (Wildman–Crippen LogP) is 0.252. The minimum Gasteiger partial charge on any atom is -0.478 e. The summed E-state index contributed by atoms with van der Waals surface area (Å²) in [5.41, 5.74) is -1.58. The lowest BCUT2D eigenvalue weighted by Crippen LogP contribution is -2.28. The Hall–Kier alpha value is -3.60. The lowest BCUT2D eigenvalue weighted by Gasteiger charge is -2.16. The van der Waals surface area contributed by atoms with Crippen LogP contribution < -0.4 is 10.6 Å². The molecular weight excluding hydrogens is 524 g/mol. The summed E-state index contributed by atoms with van der Waals surface area (Å²) < 4.78 is 60.9. The van der Waals surface area contributed by atoms with Gasteiger partial charge in [0.15, 0.2) is 0 Å². The van der Waals surface area contributed by atoms with Crippen LogP contribution in [0.1, 0.15) is 54.3 Å². The molecule has 0 aliphatic carbocycles. The summed E-state index contributed by atoms with van der Waals surface area (Å²) in [4.78, 5) is 49.3. The van der Waals surface area contributed by atoms with Gasteiger partial charge < -0.3 is 20.8 Å². The molecule has 0 saturated carbocycles. The number of carboxylic acid groups (broad SMARTS) is 2. The molecule has 16 heteroatoms. The number of carbonyl (C=O) groups excluding carboxylic acids is 2. The summed E-state index contributed by atoms with van der Waals surface area (Å²) >= 11 is 0. The fourth-order valence-corrected chi connectivity index (χ4v) is 4.35. The Balaban J connectivity index is 2.55. The van der Waals surface area contributed by atoms with E-state index in [9.17, 15) is 46.2 Å². The molecule has 0 fully saturated rings. The lowest BCUT2D eigenvalue weighted by molar-refractivity contribution is 0.0684. The van der Waals surface area contributed by atoms with Crippen LogP contribution in [0.15, 0.2) is 24.3 Å². The largest absolute Gasteiger partial charge is 0.478 e. The van der Waals surface area contributed by atoms with E-state index in [4.69, 9.17) is 9.11 Å². The second-order valence-electron chi connectivity index (χ2n) is 7.47. The van der Waals surface area contributed by atoms with E-state index in [0.29, 0.717) is 0 Å². The molecule has 0 bridgehead atoms. The van der Waals surface area contributed by atoms with Crippen LogP contribution in [0.4, 0.5) is 0 Å². The SMILES string of the molecule is O=C(O)c1ccc(C(=O)O)c2c(C(=O)NCCCS(=O)(=O)O)ccc(C(=O)NCCCS(=O)(=O)O)c12. The molecule has 0 heterocycles. The maximum Gasteiger partial charge on any atom is 0.336 e. The molecule has 0 aliphatic heterocycles. The maximum atomic E-state index is 12.8. The Kier molecular flexibility index (Phi) is 9.09. The van der Waals surface area contributed by atoms with Gasteiger partial charge in [-0.25, -0.2) is 9.59 Å². The van der Waals surface area contributed by atoms with Crippen LogP contribution in [0.3, 0.4) is 0 Å². The summed E-state index contributed by atoms with van der Waals surface area (Å²) in [6.07, 6.45) is -0.336. The van der Waals surface area contributed by atoms with E-state index in [2.05, 4.69) is 10.6 Å². The molecule has 0 aromatic heterocycles. The number of carbonyl (C=O) groups is 4. The van der Waals surface area contributed by atoms with Crippen molar-refractivity contribution in [2.24, 2.45) is 0 Å².